The van der Waals surface area contributed by atoms with Gasteiger partial charge in [-0.1, -0.05) is 17.7 Å². The molecule has 0 aliphatic rings. The van der Waals surface area contributed by atoms with Gasteiger partial charge in [0.1, 0.15) is 5.65 Å². The van der Waals surface area contributed by atoms with Crippen LogP contribution in [0.2, 0.25) is 0 Å². The Kier molecular flexibility index (Phi) is 3.46. The molecule has 4 heteroatoms. The van der Waals surface area contributed by atoms with Gasteiger partial charge in [0.15, 0.2) is 5.65 Å². The fourth-order valence-corrected chi connectivity index (χ4v) is 4.09. The lowest BCUT2D eigenvalue weighted by atomic mass is 9.94. The molecule has 0 aliphatic carbocycles. The lowest BCUT2D eigenvalue weighted by Gasteiger charge is -2.11. The van der Waals surface area contributed by atoms with Crippen LogP contribution in [0.25, 0.3) is 27.8 Å². The lowest BCUT2D eigenvalue weighted by Crippen LogP contribution is -2.02. The first-order chi connectivity index (χ1) is 11.9. The first-order valence-electron chi connectivity index (χ1n) is 8.85. The van der Waals surface area contributed by atoms with E-state index in [1.54, 1.807) is 0 Å². The monoisotopic (exact) mass is 332 g/mol. The number of hydrogen-bond acceptors (Lipinski definition) is 2. The van der Waals surface area contributed by atoms with E-state index in [0.717, 1.165) is 34.8 Å². The summed E-state index contributed by atoms with van der Waals surface area (Å²) in [4.78, 5) is 4.94. The van der Waals surface area contributed by atoms with Crippen LogP contribution in [-0.4, -0.2) is 19.2 Å². The van der Waals surface area contributed by atoms with Gasteiger partial charge in [0.25, 0.3) is 0 Å². The smallest absolute Gasteiger partial charge is 0.165 e. The van der Waals surface area contributed by atoms with Gasteiger partial charge in [0, 0.05) is 18.1 Å². The summed E-state index contributed by atoms with van der Waals surface area (Å²) in [7, 11) is 0. The number of hydrogen-bond donors (Lipinski definition) is 0. The fraction of sp³-hybridized carbons (Fsp3) is 0.333. The molecule has 4 aromatic rings. The van der Waals surface area contributed by atoms with E-state index in [1.165, 1.54) is 27.6 Å². The molecule has 0 fully saturated rings. The zero-order valence-electron chi connectivity index (χ0n) is 15.8. The molecule has 0 aliphatic heterocycles. The molecule has 0 saturated carbocycles. The topological polar surface area (TPSA) is 35.1 Å². The van der Waals surface area contributed by atoms with Crippen LogP contribution in [-0.2, 0) is 6.54 Å². The van der Waals surface area contributed by atoms with E-state index < -0.39 is 0 Å². The Morgan fingerprint density at radius 1 is 0.920 bits per heavy atom. The first-order valence-corrected chi connectivity index (χ1v) is 8.85. The van der Waals surface area contributed by atoms with Crippen molar-refractivity contribution < 1.29 is 0 Å². The van der Waals surface area contributed by atoms with Crippen molar-refractivity contribution in [1.29, 1.82) is 0 Å². The third kappa shape index (κ3) is 2.20. The van der Waals surface area contributed by atoms with Crippen molar-refractivity contribution in [2.75, 3.05) is 0 Å². The Bertz CT molecular complexity index is 1110. The summed E-state index contributed by atoms with van der Waals surface area (Å²) in [5.41, 5.74) is 10.4. The minimum atomic E-state index is 0.916. The van der Waals surface area contributed by atoms with Crippen LogP contribution in [0.15, 0.2) is 24.4 Å². The molecule has 0 bridgehead atoms. The molecule has 0 atom stereocenters. The third-order valence-electron chi connectivity index (χ3n) is 5.10. The Labute approximate surface area is 148 Å². The third-order valence-corrected chi connectivity index (χ3v) is 5.10. The minimum absolute atomic E-state index is 0.916. The number of aryl methyl sites for hydroxylation is 6. The summed E-state index contributed by atoms with van der Waals surface area (Å²) >= 11 is 0. The zero-order chi connectivity index (χ0) is 17.9. The van der Waals surface area contributed by atoms with Crippen LogP contribution in [0.3, 0.4) is 0 Å². The van der Waals surface area contributed by atoms with E-state index in [4.69, 9.17) is 10.1 Å². The molecule has 128 valence electrons. The summed E-state index contributed by atoms with van der Waals surface area (Å²) in [6.45, 7) is 13.8. The molecule has 0 radical (unpaired) electrons. The molecule has 0 spiro atoms. The Balaban J connectivity index is 2.17. The number of benzene rings is 1. The van der Waals surface area contributed by atoms with Crippen LogP contribution >= 0.6 is 0 Å². The maximum Gasteiger partial charge on any atom is 0.165 e. The maximum atomic E-state index is 4.94. The Hall–Kier alpha value is -2.62. The largest absolute Gasteiger partial charge is 0.333 e. The highest BCUT2D eigenvalue weighted by molar-refractivity contribution is 5.89. The van der Waals surface area contributed by atoms with Crippen molar-refractivity contribution >= 4 is 16.7 Å². The average molecular weight is 332 g/mol. The first kappa shape index (κ1) is 15.9. The Morgan fingerprint density at radius 2 is 1.60 bits per heavy atom. The van der Waals surface area contributed by atoms with Crippen molar-refractivity contribution in [3.63, 3.8) is 0 Å². The maximum absolute atomic E-state index is 4.94. The summed E-state index contributed by atoms with van der Waals surface area (Å²) < 4.78 is 4.26. The predicted octanol–water partition coefficient (Wildman–Crippen LogP) is 4.91. The van der Waals surface area contributed by atoms with Gasteiger partial charge in [-0.05, 0) is 64.3 Å². The van der Waals surface area contributed by atoms with Gasteiger partial charge < -0.3 is 4.57 Å². The van der Waals surface area contributed by atoms with E-state index >= 15 is 0 Å². The van der Waals surface area contributed by atoms with Crippen LogP contribution < -0.4 is 0 Å². The highest BCUT2D eigenvalue weighted by Crippen LogP contribution is 2.35. The second kappa shape index (κ2) is 5.45. The van der Waals surface area contributed by atoms with Gasteiger partial charge in [-0.3, -0.25) is 0 Å². The van der Waals surface area contributed by atoms with Gasteiger partial charge in [-0.15, -0.1) is 0 Å². The highest BCUT2D eigenvalue weighted by Gasteiger charge is 2.20. The second-order valence-electron chi connectivity index (χ2n) is 7.01. The van der Waals surface area contributed by atoms with E-state index in [9.17, 15) is 0 Å². The minimum Gasteiger partial charge on any atom is -0.333 e. The predicted molar refractivity (Wildman–Crippen MR) is 103 cm³/mol. The summed E-state index contributed by atoms with van der Waals surface area (Å²) in [6.07, 6.45) is 2.12. The molecular weight excluding hydrogens is 308 g/mol. The van der Waals surface area contributed by atoms with Gasteiger partial charge in [0.05, 0.1) is 17.0 Å². The molecule has 0 amide bonds. The van der Waals surface area contributed by atoms with Gasteiger partial charge in [-0.2, -0.15) is 9.61 Å². The second-order valence-corrected chi connectivity index (χ2v) is 7.01. The van der Waals surface area contributed by atoms with E-state index in [2.05, 4.69) is 70.5 Å². The number of nitrogens with zero attached hydrogens (tertiary/aromatic N) is 4. The van der Waals surface area contributed by atoms with Crippen molar-refractivity contribution in [1.82, 2.24) is 19.2 Å². The van der Waals surface area contributed by atoms with Gasteiger partial charge in [0.2, 0.25) is 0 Å². The van der Waals surface area contributed by atoms with Crippen LogP contribution in [0.4, 0.5) is 0 Å². The quantitative estimate of drug-likeness (QED) is 0.522. The van der Waals surface area contributed by atoms with E-state index in [0.29, 0.717) is 0 Å². The molecule has 0 unspecified atom stereocenters. The SMILES string of the molecule is CCn1ccc2c(C)nc3c(-c4c(C)cc(C)cc4C)c(C)nn3c21. The van der Waals surface area contributed by atoms with Gasteiger partial charge in [-0.25, -0.2) is 4.98 Å². The molecule has 1 aromatic carbocycles. The fourth-order valence-electron chi connectivity index (χ4n) is 4.09. The van der Waals surface area contributed by atoms with Crippen molar-refractivity contribution in [2.45, 2.75) is 48.1 Å². The van der Waals surface area contributed by atoms with Crippen LogP contribution in [0.5, 0.6) is 0 Å². The number of rotatable bonds is 2. The summed E-state index contributed by atoms with van der Waals surface area (Å²) in [6, 6.07) is 6.62. The molecule has 0 N–H and O–H groups in total. The van der Waals surface area contributed by atoms with Crippen molar-refractivity contribution in [3.8, 4) is 11.1 Å². The number of aromatic nitrogens is 4. The molecule has 3 heterocycles. The Morgan fingerprint density at radius 3 is 2.24 bits per heavy atom. The lowest BCUT2D eigenvalue weighted by molar-refractivity contribution is 0.765. The molecule has 0 saturated heterocycles. The summed E-state index contributed by atoms with van der Waals surface area (Å²) in [5, 5.41) is 6.04. The molecule has 4 nitrogen and oxygen atoms in total. The van der Waals surface area contributed by atoms with Crippen LogP contribution in [0.1, 0.15) is 35.0 Å². The van der Waals surface area contributed by atoms with Gasteiger partial charge >= 0.3 is 0 Å². The van der Waals surface area contributed by atoms with E-state index in [1.807, 2.05) is 4.52 Å². The molecular formula is C21H24N4. The average Bonchev–Trinajstić information content (AvgIpc) is 3.09. The van der Waals surface area contributed by atoms with Crippen LogP contribution in [0, 0.1) is 34.6 Å². The summed E-state index contributed by atoms with van der Waals surface area (Å²) in [5.74, 6) is 0. The number of fused-ring (bicyclic) bond motifs is 3. The zero-order valence-corrected chi connectivity index (χ0v) is 15.8. The standard InChI is InChI=1S/C21H24N4/c1-7-24-9-8-17-15(5)22-20-19(16(6)23-25(20)21(17)24)18-13(3)10-12(2)11-14(18)4/h8-11H,7H2,1-6H3. The molecule has 4 rings (SSSR count). The van der Waals surface area contributed by atoms with Crippen molar-refractivity contribution in [2.24, 2.45) is 0 Å². The normalized spacial score (nSPS) is 11.8. The molecule has 3 aromatic heterocycles. The van der Waals surface area contributed by atoms with E-state index in [-0.39, 0.29) is 0 Å². The highest BCUT2D eigenvalue weighted by atomic mass is 15.3. The van der Waals surface area contributed by atoms with Crippen molar-refractivity contribution in [3.05, 3.63) is 52.5 Å². The molecule has 25 heavy (non-hydrogen) atoms.